The van der Waals surface area contributed by atoms with Crippen LogP contribution in [0.2, 0.25) is 0 Å². The summed E-state index contributed by atoms with van der Waals surface area (Å²) < 4.78 is 8.76. The maximum atomic E-state index is 5.35. The maximum absolute atomic E-state index is 5.35. The first-order valence-corrected chi connectivity index (χ1v) is 10.1. The minimum absolute atomic E-state index is 0.197. The van der Waals surface area contributed by atoms with Gasteiger partial charge in [-0.05, 0) is 53.9 Å². The third-order valence-electron chi connectivity index (χ3n) is 5.44. The highest BCUT2D eigenvalue weighted by molar-refractivity contribution is 9.10. The lowest BCUT2D eigenvalue weighted by Crippen LogP contribution is -2.27. The number of hydrogen-bond donors (Lipinski definition) is 1. The molecule has 2 heterocycles. The zero-order chi connectivity index (χ0) is 19.1. The van der Waals surface area contributed by atoms with Crippen molar-refractivity contribution < 1.29 is 4.74 Å². The number of benzene rings is 3. The molecule has 28 heavy (non-hydrogen) atoms. The Morgan fingerprint density at radius 2 is 1.68 bits per heavy atom. The predicted molar refractivity (Wildman–Crippen MR) is 116 cm³/mol. The van der Waals surface area contributed by atoms with E-state index in [2.05, 4.69) is 80.4 Å². The van der Waals surface area contributed by atoms with Crippen LogP contribution < -0.4 is 10.1 Å². The number of nitrogens with zero attached hydrogens (tertiary/aromatic N) is 2. The second-order valence-corrected chi connectivity index (χ2v) is 7.98. The van der Waals surface area contributed by atoms with E-state index in [-0.39, 0.29) is 12.1 Å². The molecule has 5 rings (SSSR count). The lowest BCUT2D eigenvalue weighted by Gasteiger charge is -2.33. The third kappa shape index (κ3) is 2.96. The van der Waals surface area contributed by atoms with Crippen LogP contribution in [-0.4, -0.2) is 16.7 Å². The lowest BCUT2D eigenvalue weighted by atomic mass is 9.93. The molecule has 3 aromatic carbocycles. The van der Waals surface area contributed by atoms with Gasteiger partial charge in [0.2, 0.25) is 5.95 Å². The highest BCUT2D eigenvalue weighted by atomic mass is 79.9. The average Bonchev–Trinajstić information content (AvgIpc) is 3.12. The number of halogens is 1. The fraction of sp³-hybridized carbons (Fsp3) is 0.174. The largest absolute Gasteiger partial charge is 0.497 e. The molecule has 0 saturated heterocycles. The van der Waals surface area contributed by atoms with Gasteiger partial charge >= 0.3 is 0 Å². The molecular weight excluding hydrogens is 414 g/mol. The highest BCUT2D eigenvalue weighted by Gasteiger charge is 2.30. The Bertz CT molecular complexity index is 1120. The van der Waals surface area contributed by atoms with Crippen LogP contribution in [0.4, 0.5) is 5.95 Å². The molecule has 0 fully saturated rings. The molecule has 0 amide bonds. The lowest BCUT2D eigenvalue weighted by molar-refractivity contribution is 0.414. The molecule has 4 aromatic rings. The first-order valence-electron chi connectivity index (χ1n) is 9.36. The number of para-hydroxylation sites is 2. The molecule has 0 spiro atoms. The van der Waals surface area contributed by atoms with Crippen molar-refractivity contribution in [1.82, 2.24) is 9.55 Å². The molecule has 4 nitrogen and oxygen atoms in total. The van der Waals surface area contributed by atoms with Crippen molar-refractivity contribution >= 4 is 32.9 Å². The Kier molecular flexibility index (Phi) is 4.32. The Balaban J connectivity index is 1.63. The van der Waals surface area contributed by atoms with E-state index in [0.29, 0.717) is 0 Å². The van der Waals surface area contributed by atoms with E-state index < -0.39 is 0 Å². The standard InChI is InChI=1S/C23H20BrN3O/c1-28-18-12-8-16(9-13-18)22-14-20(15-6-10-17(24)11-7-15)26-23-25-19-4-2-3-5-21(19)27(22)23/h2-13,20,22H,14H2,1H3,(H,25,26)/t20-,22+/m0/s1. The molecular formula is C23H20BrN3O. The van der Waals surface area contributed by atoms with Crippen LogP contribution in [-0.2, 0) is 0 Å². The summed E-state index contributed by atoms with van der Waals surface area (Å²) in [6.45, 7) is 0. The topological polar surface area (TPSA) is 39.1 Å². The van der Waals surface area contributed by atoms with Gasteiger partial charge in [0.15, 0.2) is 0 Å². The molecule has 5 heteroatoms. The van der Waals surface area contributed by atoms with Crippen molar-refractivity contribution in [3.8, 4) is 5.75 Å². The fourth-order valence-corrected chi connectivity index (χ4v) is 4.30. The number of ether oxygens (including phenoxy) is 1. The number of rotatable bonds is 3. The van der Waals surface area contributed by atoms with Gasteiger partial charge in [-0.3, -0.25) is 0 Å². The smallest absolute Gasteiger partial charge is 0.204 e. The number of hydrogen-bond acceptors (Lipinski definition) is 3. The fourth-order valence-electron chi connectivity index (χ4n) is 4.03. The molecule has 0 saturated carbocycles. The summed E-state index contributed by atoms with van der Waals surface area (Å²) >= 11 is 3.53. The van der Waals surface area contributed by atoms with E-state index in [0.717, 1.165) is 33.6 Å². The quantitative estimate of drug-likeness (QED) is 0.433. The molecule has 1 aliphatic heterocycles. The van der Waals surface area contributed by atoms with Crippen LogP contribution in [0.15, 0.2) is 77.3 Å². The minimum atomic E-state index is 0.197. The van der Waals surface area contributed by atoms with Gasteiger partial charge < -0.3 is 14.6 Å². The van der Waals surface area contributed by atoms with E-state index in [1.54, 1.807) is 7.11 Å². The summed E-state index contributed by atoms with van der Waals surface area (Å²) in [7, 11) is 1.70. The van der Waals surface area contributed by atoms with E-state index in [1.165, 1.54) is 11.1 Å². The molecule has 0 aliphatic carbocycles. The number of anilines is 1. The summed E-state index contributed by atoms with van der Waals surface area (Å²) in [5.74, 6) is 1.79. The van der Waals surface area contributed by atoms with Crippen molar-refractivity contribution in [3.05, 3.63) is 88.4 Å². The van der Waals surface area contributed by atoms with Crippen molar-refractivity contribution in [3.63, 3.8) is 0 Å². The van der Waals surface area contributed by atoms with Gasteiger partial charge in [0.1, 0.15) is 5.75 Å². The molecule has 0 unspecified atom stereocenters. The Morgan fingerprint density at radius 3 is 2.43 bits per heavy atom. The average molecular weight is 434 g/mol. The van der Waals surface area contributed by atoms with Crippen molar-refractivity contribution in [2.45, 2.75) is 18.5 Å². The molecule has 0 radical (unpaired) electrons. The number of fused-ring (bicyclic) bond motifs is 3. The molecule has 140 valence electrons. The highest BCUT2D eigenvalue weighted by Crippen LogP contribution is 2.41. The van der Waals surface area contributed by atoms with Gasteiger partial charge in [0, 0.05) is 4.47 Å². The predicted octanol–water partition coefficient (Wildman–Crippen LogP) is 5.95. The van der Waals surface area contributed by atoms with E-state index in [4.69, 9.17) is 9.72 Å². The van der Waals surface area contributed by atoms with Gasteiger partial charge in [-0.25, -0.2) is 4.98 Å². The van der Waals surface area contributed by atoms with E-state index >= 15 is 0 Å². The Hall–Kier alpha value is -2.79. The van der Waals surface area contributed by atoms with Crippen LogP contribution in [0, 0.1) is 0 Å². The molecule has 1 aliphatic rings. The second kappa shape index (κ2) is 6.99. The zero-order valence-electron chi connectivity index (χ0n) is 15.5. The van der Waals surface area contributed by atoms with Crippen LogP contribution in [0.5, 0.6) is 5.75 Å². The number of aromatic nitrogens is 2. The maximum Gasteiger partial charge on any atom is 0.204 e. The van der Waals surface area contributed by atoms with Gasteiger partial charge in [-0.15, -0.1) is 0 Å². The van der Waals surface area contributed by atoms with Gasteiger partial charge in [0.25, 0.3) is 0 Å². The van der Waals surface area contributed by atoms with Crippen LogP contribution in [0.25, 0.3) is 11.0 Å². The minimum Gasteiger partial charge on any atom is -0.497 e. The monoisotopic (exact) mass is 433 g/mol. The summed E-state index contributed by atoms with van der Waals surface area (Å²) in [5.41, 5.74) is 4.69. The summed E-state index contributed by atoms with van der Waals surface area (Å²) in [5, 5.41) is 3.66. The summed E-state index contributed by atoms with van der Waals surface area (Å²) in [6, 6.07) is 25.6. The summed E-state index contributed by atoms with van der Waals surface area (Å²) in [4.78, 5) is 4.87. The van der Waals surface area contributed by atoms with Crippen LogP contribution >= 0.6 is 15.9 Å². The molecule has 1 aromatic heterocycles. The first kappa shape index (κ1) is 17.3. The number of nitrogens with one attached hydrogen (secondary N) is 1. The Labute approximate surface area is 172 Å². The molecule has 1 N–H and O–H groups in total. The van der Waals surface area contributed by atoms with Crippen molar-refractivity contribution in [2.75, 3.05) is 12.4 Å². The zero-order valence-corrected chi connectivity index (χ0v) is 17.1. The number of methoxy groups -OCH3 is 1. The van der Waals surface area contributed by atoms with Gasteiger partial charge in [-0.2, -0.15) is 0 Å². The van der Waals surface area contributed by atoms with Crippen molar-refractivity contribution in [2.24, 2.45) is 0 Å². The molecule has 0 bridgehead atoms. The summed E-state index contributed by atoms with van der Waals surface area (Å²) in [6.07, 6.45) is 0.946. The molecule has 2 atom stereocenters. The van der Waals surface area contributed by atoms with Crippen LogP contribution in [0.3, 0.4) is 0 Å². The SMILES string of the molecule is COc1ccc([C@H]2C[C@@H](c3ccc(Br)cc3)Nc3nc4ccccc4n32)cc1. The van der Waals surface area contributed by atoms with Gasteiger partial charge in [0.05, 0.1) is 30.2 Å². The first-order chi connectivity index (χ1) is 13.7. The number of imidazole rings is 1. The van der Waals surface area contributed by atoms with Crippen LogP contribution in [0.1, 0.15) is 29.6 Å². The van der Waals surface area contributed by atoms with Crippen molar-refractivity contribution in [1.29, 1.82) is 0 Å². The third-order valence-corrected chi connectivity index (χ3v) is 5.97. The Morgan fingerprint density at radius 1 is 0.964 bits per heavy atom. The van der Waals surface area contributed by atoms with E-state index in [1.807, 2.05) is 18.2 Å². The van der Waals surface area contributed by atoms with Gasteiger partial charge in [-0.1, -0.05) is 52.3 Å². The van der Waals surface area contributed by atoms with E-state index in [9.17, 15) is 0 Å². The normalized spacial score (nSPS) is 18.5. The second-order valence-electron chi connectivity index (χ2n) is 7.07.